The third-order valence-electron chi connectivity index (χ3n) is 3.72. The lowest BCUT2D eigenvalue weighted by atomic mass is 10.0. The number of amides is 1. The number of nitrogens with two attached hydrogens (primary N) is 1. The first kappa shape index (κ1) is 14.3. The molecule has 0 spiro atoms. The summed E-state index contributed by atoms with van der Waals surface area (Å²) in [5.74, 6) is -0.132. The minimum Gasteiger partial charge on any atom is -0.393 e. The highest BCUT2D eigenvalue weighted by Crippen LogP contribution is 2.25. The molecule has 0 aromatic heterocycles. The van der Waals surface area contributed by atoms with Crippen LogP contribution in [0.25, 0.3) is 0 Å². The molecular weight excluding hydrogens is 264 g/mol. The fraction of sp³-hybridized carbons (Fsp3) is 0.500. The van der Waals surface area contributed by atoms with Crippen molar-refractivity contribution in [2.45, 2.75) is 26.0 Å². The lowest BCUT2D eigenvalue weighted by molar-refractivity contribution is 0.1000. The Morgan fingerprint density at radius 1 is 1.63 bits per heavy atom. The van der Waals surface area contributed by atoms with Gasteiger partial charge in [0.25, 0.3) is 0 Å². The lowest BCUT2D eigenvalue weighted by Gasteiger charge is -2.18. The molecule has 0 radical (unpaired) electrons. The van der Waals surface area contributed by atoms with Gasteiger partial charge in [0.2, 0.25) is 5.91 Å². The number of rotatable bonds is 4. The van der Waals surface area contributed by atoms with Gasteiger partial charge in [-0.05, 0) is 43.5 Å². The maximum absolute atomic E-state index is 11.1. The predicted molar refractivity (Wildman–Crippen MR) is 75.0 cm³/mol. The van der Waals surface area contributed by atoms with Crippen molar-refractivity contribution >= 4 is 17.5 Å². The number of aliphatic hydroxyl groups excluding tert-OH is 1. The van der Waals surface area contributed by atoms with Gasteiger partial charge in [-0.15, -0.1) is 0 Å². The summed E-state index contributed by atoms with van der Waals surface area (Å²) < 4.78 is 0. The molecule has 0 saturated carbocycles. The van der Waals surface area contributed by atoms with E-state index < -0.39 is 5.91 Å². The SMILES string of the molecule is CC(O)C1CCN(Cc2ccc(C(N)=O)cc2Cl)C1. The fourth-order valence-corrected chi connectivity index (χ4v) is 2.71. The molecule has 3 N–H and O–H groups in total. The van der Waals surface area contributed by atoms with Gasteiger partial charge in [-0.2, -0.15) is 0 Å². The summed E-state index contributed by atoms with van der Waals surface area (Å²) in [5.41, 5.74) is 6.62. The van der Waals surface area contributed by atoms with Crippen molar-refractivity contribution in [3.05, 3.63) is 34.3 Å². The number of primary amides is 1. The van der Waals surface area contributed by atoms with E-state index in [0.29, 0.717) is 16.5 Å². The molecule has 0 bridgehead atoms. The van der Waals surface area contributed by atoms with E-state index in [4.69, 9.17) is 17.3 Å². The van der Waals surface area contributed by atoms with Crippen molar-refractivity contribution in [1.82, 2.24) is 4.90 Å². The van der Waals surface area contributed by atoms with Crippen LogP contribution < -0.4 is 5.73 Å². The highest BCUT2D eigenvalue weighted by Gasteiger charge is 2.26. The Bertz CT molecular complexity index is 477. The van der Waals surface area contributed by atoms with E-state index in [1.165, 1.54) is 0 Å². The molecular formula is C14H19ClN2O2. The molecule has 1 aliphatic rings. The number of benzene rings is 1. The smallest absolute Gasteiger partial charge is 0.248 e. The Kier molecular flexibility index (Phi) is 4.45. The van der Waals surface area contributed by atoms with E-state index in [1.807, 2.05) is 13.0 Å². The predicted octanol–water partition coefficient (Wildman–Crippen LogP) is 1.64. The maximum Gasteiger partial charge on any atom is 0.248 e. The zero-order chi connectivity index (χ0) is 14.0. The minimum atomic E-state index is -0.469. The van der Waals surface area contributed by atoms with Gasteiger partial charge in [0.1, 0.15) is 0 Å². The summed E-state index contributed by atoms with van der Waals surface area (Å²) in [6, 6.07) is 5.16. The number of hydrogen-bond donors (Lipinski definition) is 2. The summed E-state index contributed by atoms with van der Waals surface area (Å²) >= 11 is 6.17. The van der Waals surface area contributed by atoms with Crippen LogP contribution in [-0.2, 0) is 6.54 Å². The molecule has 1 heterocycles. The quantitative estimate of drug-likeness (QED) is 0.882. The topological polar surface area (TPSA) is 66.6 Å². The second kappa shape index (κ2) is 5.90. The Labute approximate surface area is 118 Å². The number of likely N-dealkylation sites (tertiary alicyclic amines) is 1. The van der Waals surface area contributed by atoms with Crippen molar-refractivity contribution in [2.75, 3.05) is 13.1 Å². The lowest BCUT2D eigenvalue weighted by Crippen LogP contribution is -2.24. The first-order valence-electron chi connectivity index (χ1n) is 6.46. The van der Waals surface area contributed by atoms with Crippen molar-refractivity contribution in [1.29, 1.82) is 0 Å². The van der Waals surface area contributed by atoms with Gasteiger partial charge in [-0.3, -0.25) is 9.69 Å². The summed E-state index contributed by atoms with van der Waals surface area (Å²) in [6.07, 6.45) is 0.743. The number of halogens is 1. The number of carbonyl (C=O) groups excluding carboxylic acids is 1. The van der Waals surface area contributed by atoms with Crippen molar-refractivity contribution in [3.8, 4) is 0 Å². The number of carbonyl (C=O) groups is 1. The van der Waals surface area contributed by atoms with E-state index >= 15 is 0 Å². The molecule has 2 atom stereocenters. The van der Waals surface area contributed by atoms with Crippen LogP contribution in [0.2, 0.25) is 5.02 Å². The summed E-state index contributed by atoms with van der Waals surface area (Å²) in [5, 5.41) is 10.2. The summed E-state index contributed by atoms with van der Waals surface area (Å²) in [4.78, 5) is 13.3. The average Bonchev–Trinajstić information content (AvgIpc) is 2.80. The van der Waals surface area contributed by atoms with Crippen LogP contribution in [0.15, 0.2) is 18.2 Å². The Morgan fingerprint density at radius 3 is 2.89 bits per heavy atom. The van der Waals surface area contributed by atoms with Crippen molar-refractivity contribution < 1.29 is 9.90 Å². The number of aliphatic hydroxyl groups is 1. The van der Waals surface area contributed by atoms with Gasteiger partial charge in [-0.25, -0.2) is 0 Å². The fourth-order valence-electron chi connectivity index (χ4n) is 2.47. The van der Waals surface area contributed by atoms with Crippen LogP contribution in [-0.4, -0.2) is 35.1 Å². The molecule has 1 amide bonds. The number of hydrogen-bond acceptors (Lipinski definition) is 3. The third-order valence-corrected chi connectivity index (χ3v) is 4.07. The molecule has 2 unspecified atom stereocenters. The normalized spacial score (nSPS) is 21.5. The second-order valence-electron chi connectivity index (χ2n) is 5.19. The average molecular weight is 283 g/mol. The number of nitrogens with zero attached hydrogens (tertiary/aromatic N) is 1. The van der Waals surface area contributed by atoms with Gasteiger partial charge < -0.3 is 10.8 Å². The molecule has 1 saturated heterocycles. The van der Waals surface area contributed by atoms with E-state index in [0.717, 1.165) is 31.6 Å². The van der Waals surface area contributed by atoms with Crippen LogP contribution >= 0.6 is 11.6 Å². The molecule has 5 heteroatoms. The first-order chi connectivity index (χ1) is 8.97. The van der Waals surface area contributed by atoms with Crippen LogP contribution in [0.5, 0.6) is 0 Å². The first-order valence-corrected chi connectivity index (χ1v) is 6.84. The van der Waals surface area contributed by atoms with Crippen LogP contribution in [0.3, 0.4) is 0 Å². The largest absolute Gasteiger partial charge is 0.393 e. The van der Waals surface area contributed by atoms with E-state index in [-0.39, 0.29) is 6.10 Å². The van der Waals surface area contributed by atoms with Gasteiger partial charge >= 0.3 is 0 Å². The van der Waals surface area contributed by atoms with E-state index in [9.17, 15) is 9.90 Å². The molecule has 19 heavy (non-hydrogen) atoms. The van der Waals surface area contributed by atoms with Crippen molar-refractivity contribution in [3.63, 3.8) is 0 Å². The van der Waals surface area contributed by atoms with Gasteiger partial charge in [-0.1, -0.05) is 17.7 Å². The van der Waals surface area contributed by atoms with Gasteiger partial charge in [0.15, 0.2) is 0 Å². The Balaban J connectivity index is 2.02. The Morgan fingerprint density at radius 2 is 2.37 bits per heavy atom. The van der Waals surface area contributed by atoms with E-state index in [2.05, 4.69) is 4.90 Å². The molecule has 104 valence electrons. The molecule has 1 fully saturated rings. The highest BCUT2D eigenvalue weighted by atomic mass is 35.5. The van der Waals surface area contributed by atoms with Gasteiger partial charge in [0.05, 0.1) is 6.10 Å². The zero-order valence-corrected chi connectivity index (χ0v) is 11.7. The molecule has 1 aliphatic heterocycles. The zero-order valence-electron chi connectivity index (χ0n) is 11.0. The highest BCUT2D eigenvalue weighted by molar-refractivity contribution is 6.31. The maximum atomic E-state index is 11.1. The second-order valence-corrected chi connectivity index (χ2v) is 5.60. The minimum absolute atomic E-state index is 0.266. The molecule has 1 aromatic carbocycles. The molecule has 2 rings (SSSR count). The monoisotopic (exact) mass is 282 g/mol. The standard InChI is InChI=1S/C14H19ClN2O2/c1-9(18)11-4-5-17(7-11)8-12-3-2-10(14(16)19)6-13(12)15/h2-3,6,9,11,18H,4-5,7-8H2,1H3,(H2,16,19). The third kappa shape index (κ3) is 3.47. The van der Waals surface area contributed by atoms with E-state index in [1.54, 1.807) is 12.1 Å². The molecule has 4 nitrogen and oxygen atoms in total. The molecule has 0 aliphatic carbocycles. The Hall–Kier alpha value is -1.10. The van der Waals surface area contributed by atoms with Gasteiger partial charge in [0, 0.05) is 23.7 Å². The van der Waals surface area contributed by atoms with Crippen LogP contribution in [0.1, 0.15) is 29.3 Å². The van der Waals surface area contributed by atoms with Crippen molar-refractivity contribution in [2.24, 2.45) is 11.7 Å². The van der Waals surface area contributed by atoms with Crippen LogP contribution in [0.4, 0.5) is 0 Å². The van der Waals surface area contributed by atoms with Crippen LogP contribution in [0, 0.1) is 5.92 Å². The molecule has 1 aromatic rings. The summed E-state index contributed by atoms with van der Waals surface area (Å²) in [7, 11) is 0. The summed E-state index contributed by atoms with van der Waals surface area (Å²) in [6.45, 7) is 4.42.